The Bertz CT molecular complexity index is 402. The maximum absolute atomic E-state index is 11.0. The predicted molar refractivity (Wildman–Crippen MR) is 71.8 cm³/mol. The highest BCUT2D eigenvalue weighted by Crippen LogP contribution is 2.44. The van der Waals surface area contributed by atoms with Gasteiger partial charge in [-0.1, -0.05) is 19.8 Å². The molecule has 1 aliphatic carbocycles. The van der Waals surface area contributed by atoms with E-state index in [1.165, 1.54) is 6.42 Å². The van der Waals surface area contributed by atoms with Crippen molar-refractivity contribution in [2.24, 2.45) is 5.92 Å². The third-order valence-corrected chi connectivity index (χ3v) is 4.49. The molecule has 2 atom stereocenters. The third-order valence-electron chi connectivity index (χ3n) is 3.91. The Morgan fingerprint density at radius 2 is 2.24 bits per heavy atom. The van der Waals surface area contributed by atoms with Crippen LogP contribution in [0.1, 0.15) is 58.2 Å². The van der Waals surface area contributed by atoms with E-state index >= 15 is 0 Å². The van der Waals surface area contributed by atoms with Crippen LogP contribution >= 0.6 is 15.9 Å². The first-order chi connectivity index (χ1) is 7.97. The van der Waals surface area contributed by atoms with Crippen molar-refractivity contribution < 1.29 is 5.11 Å². The fraction of sp³-hybridized carbons (Fsp3) is 0.769. The molecule has 1 aliphatic rings. The van der Waals surface area contributed by atoms with E-state index in [9.17, 15) is 5.11 Å². The van der Waals surface area contributed by atoms with Gasteiger partial charge in [-0.05, 0) is 48.5 Å². The highest BCUT2D eigenvalue weighted by atomic mass is 79.9. The molecule has 17 heavy (non-hydrogen) atoms. The van der Waals surface area contributed by atoms with Gasteiger partial charge in [-0.2, -0.15) is 5.10 Å². The molecule has 1 aromatic heterocycles. The molecule has 0 radical (unpaired) electrons. The maximum Gasteiger partial charge on any atom is 0.110 e. The smallest absolute Gasteiger partial charge is 0.110 e. The number of halogens is 1. The van der Waals surface area contributed by atoms with Crippen molar-refractivity contribution in [1.29, 1.82) is 0 Å². The zero-order valence-corrected chi connectivity index (χ0v) is 12.4. The van der Waals surface area contributed by atoms with E-state index in [0.717, 1.165) is 29.4 Å². The zero-order chi connectivity index (χ0) is 12.6. The van der Waals surface area contributed by atoms with Gasteiger partial charge in [0.25, 0.3) is 0 Å². The molecule has 1 N–H and O–H groups in total. The molecular formula is C13H21BrN2O. The van der Waals surface area contributed by atoms with E-state index in [1.54, 1.807) is 6.20 Å². The van der Waals surface area contributed by atoms with Gasteiger partial charge in [-0.25, -0.2) is 0 Å². The van der Waals surface area contributed by atoms with E-state index in [2.05, 4.69) is 41.8 Å². The Hall–Kier alpha value is -0.350. The van der Waals surface area contributed by atoms with Crippen LogP contribution in [0.3, 0.4) is 0 Å². The van der Waals surface area contributed by atoms with Crippen molar-refractivity contribution in [3.63, 3.8) is 0 Å². The predicted octanol–water partition coefficient (Wildman–Crippen LogP) is 3.62. The average molecular weight is 301 g/mol. The summed E-state index contributed by atoms with van der Waals surface area (Å²) in [5, 5.41) is 15.4. The van der Waals surface area contributed by atoms with Crippen LogP contribution in [0, 0.1) is 5.92 Å². The molecule has 96 valence electrons. The number of aromatic nitrogens is 2. The Kier molecular flexibility index (Phi) is 3.64. The summed E-state index contributed by atoms with van der Waals surface area (Å²) in [6, 6.07) is 0.273. The minimum atomic E-state index is -0.724. The van der Waals surface area contributed by atoms with Crippen LogP contribution < -0.4 is 0 Å². The second-order valence-electron chi connectivity index (χ2n) is 5.45. The summed E-state index contributed by atoms with van der Waals surface area (Å²) in [4.78, 5) is 0. The van der Waals surface area contributed by atoms with Crippen LogP contribution in [0.4, 0.5) is 0 Å². The average Bonchev–Trinajstić information content (AvgIpc) is 2.65. The van der Waals surface area contributed by atoms with E-state index < -0.39 is 5.60 Å². The van der Waals surface area contributed by atoms with Crippen LogP contribution in [-0.2, 0) is 5.60 Å². The maximum atomic E-state index is 11.0. The van der Waals surface area contributed by atoms with Crippen molar-refractivity contribution in [1.82, 2.24) is 9.78 Å². The molecular weight excluding hydrogens is 280 g/mol. The number of hydrogen-bond donors (Lipinski definition) is 1. The van der Waals surface area contributed by atoms with Crippen LogP contribution in [0.25, 0.3) is 0 Å². The quantitative estimate of drug-likeness (QED) is 0.906. The summed E-state index contributed by atoms with van der Waals surface area (Å²) >= 11 is 3.54. The van der Waals surface area contributed by atoms with Crippen molar-refractivity contribution in [3.8, 4) is 0 Å². The van der Waals surface area contributed by atoms with Gasteiger partial charge in [0.15, 0.2) is 0 Å². The second-order valence-corrected chi connectivity index (χ2v) is 6.30. The lowest BCUT2D eigenvalue weighted by molar-refractivity contribution is -0.0553. The van der Waals surface area contributed by atoms with Crippen LogP contribution in [0.5, 0.6) is 0 Å². The topological polar surface area (TPSA) is 38.0 Å². The Balaban J connectivity index is 2.47. The molecule has 0 aliphatic heterocycles. The van der Waals surface area contributed by atoms with Gasteiger partial charge in [0.05, 0.1) is 16.4 Å². The summed E-state index contributed by atoms with van der Waals surface area (Å²) in [7, 11) is 0. The lowest BCUT2D eigenvalue weighted by Gasteiger charge is -2.39. The first kappa shape index (κ1) is 13.1. The molecule has 1 aromatic rings. The molecule has 1 heterocycles. The third kappa shape index (κ3) is 2.17. The molecule has 4 heteroatoms. The highest BCUT2D eigenvalue weighted by molar-refractivity contribution is 9.10. The fourth-order valence-electron chi connectivity index (χ4n) is 2.82. The highest BCUT2D eigenvalue weighted by Gasteiger charge is 2.42. The zero-order valence-electron chi connectivity index (χ0n) is 10.8. The van der Waals surface area contributed by atoms with Gasteiger partial charge in [-0.3, -0.25) is 4.68 Å². The lowest BCUT2D eigenvalue weighted by atomic mass is 9.74. The molecule has 1 saturated carbocycles. The van der Waals surface area contributed by atoms with E-state index in [4.69, 9.17) is 0 Å². The van der Waals surface area contributed by atoms with Crippen molar-refractivity contribution in [2.45, 2.75) is 58.1 Å². The van der Waals surface area contributed by atoms with Gasteiger partial charge >= 0.3 is 0 Å². The SMILES string of the molecule is CC(C)n1ncc(Br)c1C1(O)CCCCC1C. The Morgan fingerprint density at radius 3 is 2.82 bits per heavy atom. The minimum absolute atomic E-state index is 0.273. The first-order valence-electron chi connectivity index (χ1n) is 6.42. The number of nitrogens with zero attached hydrogens (tertiary/aromatic N) is 2. The number of rotatable bonds is 2. The van der Waals surface area contributed by atoms with E-state index in [-0.39, 0.29) is 6.04 Å². The summed E-state index contributed by atoms with van der Waals surface area (Å²) in [5.41, 5.74) is 0.234. The van der Waals surface area contributed by atoms with Crippen LogP contribution in [0.15, 0.2) is 10.7 Å². The monoisotopic (exact) mass is 300 g/mol. The molecule has 0 bridgehead atoms. The van der Waals surface area contributed by atoms with Gasteiger partial charge in [0.2, 0.25) is 0 Å². The van der Waals surface area contributed by atoms with Gasteiger partial charge in [-0.15, -0.1) is 0 Å². The van der Waals surface area contributed by atoms with E-state index in [1.807, 2.05) is 4.68 Å². The molecule has 1 fully saturated rings. The molecule has 2 rings (SSSR count). The summed E-state index contributed by atoms with van der Waals surface area (Å²) in [5.74, 6) is 0.293. The van der Waals surface area contributed by atoms with Crippen molar-refractivity contribution >= 4 is 15.9 Å². The summed E-state index contributed by atoms with van der Waals surface area (Å²) in [6.45, 7) is 6.34. The van der Waals surface area contributed by atoms with Gasteiger partial charge in [0.1, 0.15) is 5.60 Å². The fourth-order valence-corrected chi connectivity index (χ4v) is 3.44. The summed E-state index contributed by atoms with van der Waals surface area (Å²) < 4.78 is 2.88. The molecule has 0 aromatic carbocycles. The Labute approximate surface area is 111 Å². The molecule has 0 spiro atoms. The van der Waals surface area contributed by atoms with E-state index in [0.29, 0.717) is 5.92 Å². The van der Waals surface area contributed by atoms with Crippen LogP contribution in [-0.4, -0.2) is 14.9 Å². The summed E-state index contributed by atoms with van der Waals surface area (Å²) in [6.07, 6.45) is 6.04. The Morgan fingerprint density at radius 1 is 1.53 bits per heavy atom. The second kappa shape index (κ2) is 4.73. The molecule has 2 unspecified atom stereocenters. The normalized spacial score (nSPS) is 29.9. The minimum Gasteiger partial charge on any atom is -0.383 e. The van der Waals surface area contributed by atoms with Gasteiger partial charge < -0.3 is 5.11 Å². The van der Waals surface area contributed by atoms with Crippen LogP contribution in [0.2, 0.25) is 0 Å². The number of aliphatic hydroxyl groups is 1. The first-order valence-corrected chi connectivity index (χ1v) is 7.22. The van der Waals surface area contributed by atoms with Crippen molar-refractivity contribution in [3.05, 3.63) is 16.4 Å². The largest absolute Gasteiger partial charge is 0.383 e. The standard InChI is InChI=1S/C13H21BrN2O/c1-9(2)16-12(11(14)8-15-16)13(17)7-5-4-6-10(13)3/h8-10,17H,4-7H2,1-3H3. The lowest BCUT2D eigenvalue weighted by Crippen LogP contribution is -2.39. The molecule has 0 saturated heterocycles. The van der Waals surface area contributed by atoms with Crippen molar-refractivity contribution in [2.75, 3.05) is 0 Å². The van der Waals surface area contributed by atoms with Gasteiger partial charge in [0, 0.05) is 6.04 Å². The molecule has 3 nitrogen and oxygen atoms in total. The number of hydrogen-bond acceptors (Lipinski definition) is 2. The molecule has 0 amide bonds.